The van der Waals surface area contributed by atoms with Crippen molar-refractivity contribution in [2.24, 2.45) is 0 Å². The van der Waals surface area contributed by atoms with E-state index in [1.54, 1.807) is 6.08 Å². The van der Waals surface area contributed by atoms with Gasteiger partial charge in [0, 0.05) is 6.42 Å². The molecule has 0 rings (SSSR count). The van der Waals surface area contributed by atoms with E-state index in [9.17, 15) is 19.4 Å². The number of nitrogens with zero attached hydrogens (tertiary/aromatic N) is 1. The lowest BCUT2D eigenvalue weighted by molar-refractivity contribution is -0.870. The summed E-state index contributed by atoms with van der Waals surface area (Å²) in [6.07, 6.45) is 73.2. The van der Waals surface area contributed by atoms with Crippen LogP contribution in [-0.4, -0.2) is 73.4 Å². The normalized spacial score (nSPS) is 14.0. The molecule has 0 aromatic rings. The molecule has 0 aliphatic heterocycles. The largest absolute Gasteiger partial charge is 0.472 e. The van der Waals surface area contributed by atoms with Gasteiger partial charge in [0.05, 0.1) is 39.9 Å². The van der Waals surface area contributed by atoms with Gasteiger partial charge in [-0.3, -0.25) is 13.8 Å². The molecule has 432 valence electrons. The second-order valence-corrected chi connectivity index (χ2v) is 24.6. The molecule has 0 aliphatic carbocycles. The van der Waals surface area contributed by atoms with Gasteiger partial charge >= 0.3 is 7.82 Å². The van der Waals surface area contributed by atoms with Crippen LogP contribution >= 0.6 is 7.82 Å². The highest BCUT2D eigenvalue weighted by Gasteiger charge is 2.27. The smallest absolute Gasteiger partial charge is 0.387 e. The number of allylic oxidation sites excluding steroid dienone is 5. The van der Waals surface area contributed by atoms with Crippen molar-refractivity contribution in [3.05, 3.63) is 36.5 Å². The van der Waals surface area contributed by atoms with E-state index in [-0.39, 0.29) is 19.1 Å². The number of unbranched alkanes of at least 4 members (excludes halogenated alkanes) is 42. The highest BCUT2D eigenvalue weighted by atomic mass is 31.2. The average Bonchev–Trinajstić information content (AvgIpc) is 3.35. The van der Waals surface area contributed by atoms with Gasteiger partial charge in [-0.15, -0.1) is 0 Å². The van der Waals surface area contributed by atoms with Gasteiger partial charge in [-0.1, -0.05) is 307 Å². The van der Waals surface area contributed by atoms with Crippen molar-refractivity contribution < 1.29 is 32.9 Å². The zero-order valence-corrected chi connectivity index (χ0v) is 50.3. The van der Waals surface area contributed by atoms with Crippen LogP contribution in [0.4, 0.5) is 0 Å². The Morgan fingerprint density at radius 1 is 0.452 bits per heavy atom. The summed E-state index contributed by atoms with van der Waals surface area (Å²) in [6, 6.07) is -0.866. The number of carbonyl (C=O) groups is 1. The van der Waals surface area contributed by atoms with Crippen molar-refractivity contribution >= 4 is 13.7 Å². The van der Waals surface area contributed by atoms with E-state index in [4.69, 9.17) is 9.05 Å². The molecule has 3 unspecified atom stereocenters. The van der Waals surface area contributed by atoms with Crippen molar-refractivity contribution in [3.63, 3.8) is 0 Å². The number of likely N-dealkylation sites (N-methyl/N-ethyl adjacent to an activating group) is 1. The van der Waals surface area contributed by atoms with Crippen LogP contribution in [-0.2, 0) is 18.4 Å². The third-order valence-electron chi connectivity index (χ3n) is 14.6. The minimum atomic E-state index is -4.35. The van der Waals surface area contributed by atoms with Crippen molar-refractivity contribution in [2.45, 2.75) is 328 Å². The number of phosphoric ester groups is 1. The first kappa shape index (κ1) is 71.7. The standard InChI is InChI=1S/C64H125N2O6P/c1-6-8-10-12-14-16-18-19-20-21-22-23-24-25-26-27-28-29-30-31-32-33-34-35-36-37-38-39-40-41-42-43-44-45-46-48-50-52-54-56-58-64(68)65-62(61-72-73(69,70)71-60-59-66(3,4)5)63(67)57-55-53-51-49-47-17-15-13-11-9-7-2/h11,13,47,49,55,57,62-63,67H,6-10,12,14-46,48,50-54,56,58-61H2,1-5H3,(H-,65,68,69,70)/p+1/b13-11+,49-47+,57-55+. The topological polar surface area (TPSA) is 105 Å². The molecule has 0 saturated heterocycles. The maximum absolute atomic E-state index is 12.9. The third-order valence-corrected chi connectivity index (χ3v) is 15.6. The number of phosphoric acid groups is 1. The van der Waals surface area contributed by atoms with Crippen molar-refractivity contribution in [1.82, 2.24) is 5.32 Å². The number of hydrogen-bond donors (Lipinski definition) is 3. The fraction of sp³-hybridized carbons (Fsp3) is 0.891. The lowest BCUT2D eigenvalue weighted by atomic mass is 10.0. The molecule has 8 nitrogen and oxygen atoms in total. The molecule has 73 heavy (non-hydrogen) atoms. The lowest BCUT2D eigenvalue weighted by Gasteiger charge is -2.25. The van der Waals surface area contributed by atoms with E-state index >= 15 is 0 Å². The van der Waals surface area contributed by atoms with Crippen LogP contribution < -0.4 is 5.32 Å². The van der Waals surface area contributed by atoms with Gasteiger partial charge < -0.3 is 19.8 Å². The first-order valence-corrected chi connectivity index (χ1v) is 33.4. The molecule has 1 amide bonds. The molecule has 0 aliphatic rings. The Bertz CT molecular complexity index is 1280. The highest BCUT2D eigenvalue weighted by Crippen LogP contribution is 2.43. The molecule has 0 spiro atoms. The van der Waals surface area contributed by atoms with E-state index in [0.717, 1.165) is 51.4 Å². The van der Waals surface area contributed by atoms with Gasteiger partial charge in [-0.05, 0) is 38.5 Å². The molecule has 3 atom stereocenters. The Balaban J connectivity index is 3.79. The SMILES string of the molecule is CCC/C=C/CC/C=C/CC/C=C/C(O)C(COP(=O)(O)OCC[N+](C)(C)C)NC(=O)CCCCCCCCCCCCCCCCCCCCCCCCCCCCCCCCCCCCCCCCCC. The Morgan fingerprint density at radius 3 is 1.07 bits per heavy atom. The number of amides is 1. The summed E-state index contributed by atoms with van der Waals surface area (Å²) in [5.74, 6) is -0.188. The number of quaternary nitrogens is 1. The Labute approximate surface area is 455 Å². The maximum Gasteiger partial charge on any atom is 0.472 e. The van der Waals surface area contributed by atoms with Crippen LogP contribution in [0.15, 0.2) is 36.5 Å². The fourth-order valence-electron chi connectivity index (χ4n) is 9.62. The number of nitrogens with one attached hydrogen (secondary N) is 1. The van der Waals surface area contributed by atoms with Gasteiger partial charge in [0.15, 0.2) is 0 Å². The van der Waals surface area contributed by atoms with Gasteiger partial charge in [-0.25, -0.2) is 4.57 Å². The van der Waals surface area contributed by atoms with Gasteiger partial charge in [0.2, 0.25) is 5.91 Å². The molecule has 0 radical (unpaired) electrons. The van der Waals surface area contributed by atoms with Crippen LogP contribution in [0, 0.1) is 0 Å². The highest BCUT2D eigenvalue weighted by molar-refractivity contribution is 7.47. The van der Waals surface area contributed by atoms with Crippen LogP contribution in [0.1, 0.15) is 316 Å². The van der Waals surface area contributed by atoms with Gasteiger partial charge in [0.1, 0.15) is 13.2 Å². The first-order chi connectivity index (χ1) is 35.5. The average molecular weight is 1050 g/mol. The number of aliphatic hydroxyl groups is 1. The van der Waals surface area contributed by atoms with Crippen LogP contribution in [0.3, 0.4) is 0 Å². The quantitative estimate of drug-likeness (QED) is 0.0243. The summed E-state index contributed by atoms with van der Waals surface area (Å²) in [5, 5.41) is 13.8. The number of hydrogen-bond acceptors (Lipinski definition) is 5. The molecular weight excluding hydrogens is 924 g/mol. The van der Waals surface area contributed by atoms with E-state index in [2.05, 4.69) is 43.5 Å². The minimum absolute atomic E-state index is 0.0547. The molecule has 0 aromatic carbocycles. The minimum Gasteiger partial charge on any atom is -0.387 e. The third kappa shape index (κ3) is 58.2. The van der Waals surface area contributed by atoms with Crippen molar-refractivity contribution in [1.29, 1.82) is 0 Å². The molecular formula is C64H126N2O6P+. The van der Waals surface area contributed by atoms with E-state index in [1.165, 1.54) is 244 Å². The lowest BCUT2D eigenvalue weighted by Crippen LogP contribution is -2.45. The predicted molar refractivity (Wildman–Crippen MR) is 318 cm³/mol. The zero-order chi connectivity index (χ0) is 53.5. The fourth-order valence-corrected chi connectivity index (χ4v) is 10.4. The maximum atomic E-state index is 12.9. The van der Waals surface area contributed by atoms with Crippen molar-refractivity contribution in [3.8, 4) is 0 Å². The molecule has 0 aromatic heterocycles. The zero-order valence-electron chi connectivity index (χ0n) is 49.4. The molecule has 0 saturated carbocycles. The van der Waals surface area contributed by atoms with Crippen LogP contribution in [0.2, 0.25) is 0 Å². The van der Waals surface area contributed by atoms with Crippen LogP contribution in [0.25, 0.3) is 0 Å². The Morgan fingerprint density at radius 2 is 0.753 bits per heavy atom. The van der Waals surface area contributed by atoms with E-state index in [1.807, 2.05) is 27.2 Å². The molecule has 0 heterocycles. The first-order valence-electron chi connectivity index (χ1n) is 31.9. The summed E-state index contributed by atoms with van der Waals surface area (Å²) in [6.45, 7) is 4.74. The summed E-state index contributed by atoms with van der Waals surface area (Å²) in [5.41, 5.74) is 0. The van der Waals surface area contributed by atoms with E-state index < -0.39 is 20.0 Å². The summed E-state index contributed by atoms with van der Waals surface area (Å²) in [7, 11) is 1.55. The molecule has 0 fully saturated rings. The summed E-state index contributed by atoms with van der Waals surface area (Å²) < 4.78 is 23.6. The molecule has 9 heteroatoms. The van der Waals surface area contributed by atoms with Crippen molar-refractivity contribution in [2.75, 3.05) is 40.9 Å². The van der Waals surface area contributed by atoms with Gasteiger partial charge in [0.25, 0.3) is 0 Å². The van der Waals surface area contributed by atoms with Crippen LogP contribution in [0.5, 0.6) is 0 Å². The summed E-state index contributed by atoms with van der Waals surface area (Å²) >= 11 is 0. The van der Waals surface area contributed by atoms with Gasteiger partial charge in [-0.2, -0.15) is 0 Å². The summed E-state index contributed by atoms with van der Waals surface area (Å²) in [4.78, 5) is 23.2. The predicted octanol–water partition coefficient (Wildman–Crippen LogP) is 19.7. The monoisotopic (exact) mass is 1050 g/mol. The number of carbonyl (C=O) groups excluding carboxylic acids is 1. The second kappa shape index (κ2) is 55.5. The second-order valence-electron chi connectivity index (χ2n) is 23.1. The number of rotatable bonds is 59. The molecule has 0 bridgehead atoms. The Hall–Kier alpha value is -1.28. The number of aliphatic hydroxyl groups excluding tert-OH is 1. The Kier molecular flexibility index (Phi) is 54.5. The molecule has 3 N–H and O–H groups in total. The van der Waals surface area contributed by atoms with E-state index in [0.29, 0.717) is 17.4 Å².